The molecule has 2 saturated heterocycles. The lowest BCUT2D eigenvalue weighted by Crippen LogP contribution is -2.55. The molecule has 2 fully saturated rings. The van der Waals surface area contributed by atoms with Gasteiger partial charge in [0.1, 0.15) is 5.75 Å². The van der Waals surface area contributed by atoms with E-state index in [1.54, 1.807) is 7.11 Å². The van der Waals surface area contributed by atoms with Gasteiger partial charge in [0.25, 0.3) is 5.91 Å². The van der Waals surface area contributed by atoms with E-state index in [0.29, 0.717) is 18.9 Å². The second-order valence-corrected chi connectivity index (χ2v) is 11.2. The molecule has 5 nitrogen and oxygen atoms in total. The van der Waals surface area contributed by atoms with Gasteiger partial charge in [-0.25, -0.2) is 0 Å². The largest absolute Gasteiger partial charge is 0.496 e. The number of amides is 1. The first-order valence-electron chi connectivity index (χ1n) is 13.9. The smallest absolute Gasteiger partial charge is 0.254 e. The number of likely N-dealkylation sites (tertiary alicyclic amines) is 2. The van der Waals surface area contributed by atoms with Gasteiger partial charge < -0.3 is 14.7 Å². The maximum Gasteiger partial charge on any atom is 0.254 e. The summed E-state index contributed by atoms with van der Waals surface area (Å²) in [7, 11) is 1.66. The fourth-order valence-corrected chi connectivity index (χ4v) is 6.53. The zero-order chi connectivity index (χ0) is 26.7. The summed E-state index contributed by atoms with van der Waals surface area (Å²) in [4.78, 5) is 18.4. The Balaban J connectivity index is 1.32. The number of hydrogen-bond acceptors (Lipinski definition) is 4. The lowest BCUT2D eigenvalue weighted by molar-refractivity contribution is -0.0459. The molecule has 0 radical (unpaired) electrons. The highest BCUT2D eigenvalue weighted by atomic mass is 16.5. The van der Waals surface area contributed by atoms with Crippen molar-refractivity contribution in [1.29, 1.82) is 0 Å². The van der Waals surface area contributed by atoms with Gasteiger partial charge in [0.05, 0.1) is 12.7 Å². The summed E-state index contributed by atoms with van der Waals surface area (Å²) in [5, 5.41) is 11.5. The Kier molecular flexibility index (Phi) is 7.87. The van der Waals surface area contributed by atoms with Crippen LogP contribution in [0.3, 0.4) is 0 Å². The molecule has 1 amide bonds. The molecular formula is C33H40N2O3. The van der Waals surface area contributed by atoms with E-state index < -0.39 is 5.60 Å². The number of carbonyl (C=O) groups is 1. The average Bonchev–Trinajstić information content (AvgIpc) is 2.93. The number of ether oxygens (including phenoxy) is 1. The van der Waals surface area contributed by atoms with Gasteiger partial charge in [-0.1, -0.05) is 65.7 Å². The molecule has 0 aromatic heterocycles. The van der Waals surface area contributed by atoms with Crippen LogP contribution in [0.25, 0.3) is 0 Å². The van der Waals surface area contributed by atoms with Crippen molar-refractivity contribution in [2.45, 2.75) is 63.6 Å². The fourth-order valence-electron chi connectivity index (χ4n) is 6.53. The van der Waals surface area contributed by atoms with E-state index in [0.717, 1.165) is 66.9 Å². The third-order valence-electron chi connectivity index (χ3n) is 8.48. The van der Waals surface area contributed by atoms with Crippen LogP contribution in [0.1, 0.15) is 58.3 Å². The Hall–Kier alpha value is -3.15. The highest BCUT2D eigenvalue weighted by molar-refractivity contribution is 5.95. The number of hydrogen-bond donors (Lipinski definition) is 1. The van der Waals surface area contributed by atoms with Crippen molar-refractivity contribution < 1.29 is 14.6 Å². The third kappa shape index (κ3) is 5.64. The van der Waals surface area contributed by atoms with Crippen molar-refractivity contribution in [3.8, 4) is 5.75 Å². The fraction of sp³-hybridized carbons (Fsp3) is 0.424. The van der Waals surface area contributed by atoms with Crippen molar-refractivity contribution in [3.05, 3.63) is 101 Å². The van der Waals surface area contributed by atoms with Gasteiger partial charge in [0, 0.05) is 42.8 Å². The molecule has 3 aromatic carbocycles. The molecule has 5 heteroatoms. The molecule has 2 aliphatic rings. The Labute approximate surface area is 227 Å². The van der Waals surface area contributed by atoms with Gasteiger partial charge in [-0.15, -0.1) is 0 Å². The Bertz CT molecular complexity index is 1230. The van der Waals surface area contributed by atoms with E-state index in [2.05, 4.69) is 54.0 Å². The first-order chi connectivity index (χ1) is 18.4. The minimum Gasteiger partial charge on any atom is -0.496 e. The standard InChI is InChI=1S/C33H40N2O3/c1-24-19-25(2)21-27(20-24)32(36)35-16-13-28(23-29(35)22-26-9-5-4-6-10-26)34-17-14-33(37,15-18-34)30-11-7-8-12-31(30)38-3/h4-12,19-21,28-29,37H,13-18,22-23H2,1-3H3/t28-,29+/m0/s1. The first kappa shape index (κ1) is 26.5. The molecule has 2 aliphatic heterocycles. The molecule has 1 N–H and O–H groups in total. The van der Waals surface area contributed by atoms with Crippen molar-refractivity contribution in [2.24, 2.45) is 0 Å². The number of methoxy groups -OCH3 is 1. The molecule has 0 spiro atoms. The van der Waals surface area contributed by atoms with E-state index >= 15 is 0 Å². The molecule has 0 saturated carbocycles. The summed E-state index contributed by atoms with van der Waals surface area (Å²) in [5.41, 5.74) is 4.32. The monoisotopic (exact) mass is 512 g/mol. The van der Waals surface area contributed by atoms with Gasteiger partial charge in [0.2, 0.25) is 0 Å². The van der Waals surface area contributed by atoms with Crippen LogP contribution in [0.5, 0.6) is 5.75 Å². The molecule has 2 atom stereocenters. The van der Waals surface area contributed by atoms with E-state index in [1.165, 1.54) is 5.56 Å². The highest BCUT2D eigenvalue weighted by Gasteiger charge is 2.40. The minimum absolute atomic E-state index is 0.138. The Morgan fingerprint density at radius 3 is 2.29 bits per heavy atom. The number of carbonyl (C=O) groups excluding carboxylic acids is 1. The van der Waals surface area contributed by atoms with Crippen LogP contribution in [0, 0.1) is 13.8 Å². The van der Waals surface area contributed by atoms with Gasteiger partial charge in [-0.05, 0) is 69.7 Å². The predicted molar refractivity (Wildman–Crippen MR) is 152 cm³/mol. The zero-order valence-electron chi connectivity index (χ0n) is 22.9. The quantitative estimate of drug-likeness (QED) is 0.473. The van der Waals surface area contributed by atoms with Gasteiger partial charge in [-0.2, -0.15) is 0 Å². The molecular weight excluding hydrogens is 472 g/mol. The topological polar surface area (TPSA) is 53.0 Å². The molecule has 3 aromatic rings. The number of benzene rings is 3. The minimum atomic E-state index is -0.869. The number of rotatable bonds is 6. The first-order valence-corrected chi connectivity index (χ1v) is 13.9. The van der Waals surface area contributed by atoms with Crippen molar-refractivity contribution in [3.63, 3.8) is 0 Å². The van der Waals surface area contributed by atoms with Crippen LogP contribution in [0.2, 0.25) is 0 Å². The van der Waals surface area contributed by atoms with Crippen LogP contribution in [-0.2, 0) is 12.0 Å². The zero-order valence-corrected chi connectivity index (χ0v) is 22.9. The molecule has 200 valence electrons. The summed E-state index contributed by atoms with van der Waals surface area (Å²) in [6.07, 6.45) is 4.11. The van der Waals surface area contributed by atoms with E-state index in [1.807, 2.05) is 42.5 Å². The molecule has 0 aliphatic carbocycles. The van der Waals surface area contributed by atoms with E-state index in [9.17, 15) is 9.90 Å². The van der Waals surface area contributed by atoms with Crippen LogP contribution >= 0.6 is 0 Å². The van der Waals surface area contributed by atoms with Crippen LogP contribution < -0.4 is 4.74 Å². The Morgan fingerprint density at radius 2 is 1.61 bits per heavy atom. The van der Waals surface area contributed by atoms with Crippen molar-refractivity contribution >= 4 is 5.91 Å². The third-order valence-corrected chi connectivity index (χ3v) is 8.48. The molecule has 2 heterocycles. The molecule has 5 rings (SSSR count). The van der Waals surface area contributed by atoms with Crippen LogP contribution in [0.4, 0.5) is 0 Å². The molecule has 38 heavy (non-hydrogen) atoms. The summed E-state index contributed by atoms with van der Waals surface area (Å²) < 4.78 is 5.55. The van der Waals surface area contributed by atoms with Crippen molar-refractivity contribution in [2.75, 3.05) is 26.7 Å². The number of aryl methyl sites for hydroxylation is 2. The highest BCUT2D eigenvalue weighted by Crippen LogP contribution is 2.39. The lowest BCUT2D eigenvalue weighted by Gasteiger charge is -2.47. The summed E-state index contributed by atoms with van der Waals surface area (Å²) in [5.74, 6) is 0.893. The maximum absolute atomic E-state index is 13.8. The molecule has 0 unspecified atom stereocenters. The van der Waals surface area contributed by atoms with Gasteiger partial charge >= 0.3 is 0 Å². The number of piperidine rings is 2. The van der Waals surface area contributed by atoms with Gasteiger partial charge in [0.15, 0.2) is 0 Å². The SMILES string of the molecule is COc1ccccc1C1(O)CCN([C@H]2CCN(C(=O)c3cc(C)cc(C)c3)[C@H](Cc3ccccc3)C2)CC1. The van der Waals surface area contributed by atoms with E-state index in [-0.39, 0.29) is 11.9 Å². The van der Waals surface area contributed by atoms with Crippen LogP contribution in [-0.4, -0.2) is 59.6 Å². The second kappa shape index (κ2) is 11.3. The maximum atomic E-state index is 13.8. The average molecular weight is 513 g/mol. The number of nitrogens with zero attached hydrogens (tertiary/aromatic N) is 2. The Morgan fingerprint density at radius 1 is 0.947 bits per heavy atom. The lowest BCUT2D eigenvalue weighted by atomic mass is 9.82. The van der Waals surface area contributed by atoms with Gasteiger partial charge in [-0.3, -0.25) is 9.69 Å². The van der Waals surface area contributed by atoms with Crippen molar-refractivity contribution in [1.82, 2.24) is 9.80 Å². The molecule has 0 bridgehead atoms. The van der Waals surface area contributed by atoms with Crippen LogP contribution in [0.15, 0.2) is 72.8 Å². The predicted octanol–water partition coefficient (Wildman–Crippen LogP) is 5.51. The number of para-hydroxylation sites is 1. The summed E-state index contributed by atoms with van der Waals surface area (Å²) in [6.45, 7) is 6.53. The number of aliphatic hydroxyl groups is 1. The normalized spacial score (nSPS) is 21.7. The second-order valence-electron chi connectivity index (χ2n) is 11.2. The summed E-state index contributed by atoms with van der Waals surface area (Å²) in [6, 6.07) is 25.0. The van der Waals surface area contributed by atoms with E-state index in [4.69, 9.17) is 4.74 Å². The summed E-state index contributed by atoms with van der Waals surface area (Å²) >= 11 is 0.